The minimum atomic E-state index is -0.00255. The average Bonchev–Trinajstić information content (AvgIpc) is 2.37. The van der Waals surface area contributed by atoms with E-state index < -0.39 is 0 Å². The number of ether oxygens (including phenoxy) is 1. The van der Waals surface area contributed by atoms with Crippen LogP contribution in [0.4, 0.5) is 0 Å². The summed E-state index contributed by atoms with van der Waals surface area (Å²) < 4.78 is 5.77. The van der Waals surface area contributed by atoms with Gasteiger partial charge in [0.25, 0.3) is 0 Å². The third kappa shape index (κ3) is 1.46. The van der Waals surface area contributed by atoms with Crippen LogP contribution >= 0.6 is 0 Å². The van der Waals surface area contributed by atoms with Crippen LogP contribution in [0.3, 0.4) is 0 Å². The Morgan fingerprint density at radius 1 is 1.62 bits per heavy atom. The van der Waals surface area contributed by atoms with Crippen LogP contribution in [0.1, 0.15) is 33.1 Å². The Balaban J connectivity index is 2.10. The number of hydrogen-bond donors (Lipinski definition) is 1. The number of rotatable bonds is 1. The second kappa shape index (κ2) is 2.98. The molecular weight excluding hydrogens is 164 g/mol. The Bertz CT molecular complexity index is 239. The minimum absolute atomic E-state index is 0.00255. The van der Waals surface area contributed by atoms with Gasteiger partial charge in [-0.15, -0.1) is 0 Å². The molecule has 3 heteroatoms. The van der Waals surface area contributed by atoms with Crippen molar-refractivity contribution in [2.75, 3.05) is 7.05 Å². The van der Waals surface area contributed by atoms with Gasteiger partial charge in [0.2, 0.25) is 0 Å². The molecule has 2 aliphatic rings. The maximum atomic E-state index is 5.77. The summed E-state index contributed by atoms with van der Waals surface area (Å²) in [4.78, 5) is 4.53. The lowest BCUT2D eigenvalue weighted by molar-refractivity contribution is 0.0348. The average molecular weight is 182 g/mol. The molecule has 1 aliphatic heterocycles. The Morgan fingerprint density at radius 2 is 2.38 bits per heavy atom. The Kier molecular flexibility index (Phi) is 2.06. The number of nitrogens with zero attached hydrogens (tertiary/aromatic N) is 1. The lowest BCUT2D eigenvalue weighted by Gasteiger charge is -2.37. The molecule has 1 N–H and O–H groups in total. The Hall–Kier alpha value is -0.570. The van der Waals surface area contributed by atoms with E-state index in [-0.39, 0.29) is 5.60 Å². The Morgan fingerprint density at radius 3 is 3.08 bits per heavy atom. The van der Waals surface area contributed by atoms with Crippen LogP contribution in [-0.2, 0) is 4.74 Å². The van der Waals surface area contributed by atoms with Crippen molar-refractivity contribution in [2.45, 2.75) is 50.8 Å². The first kappa shape index (κ1) is 9.00. The van der Waals surface area contributed by atoms with Gasteiger partial charge in [-0.05, 0) is 33.2 Å². The molecule has 74 valence electrons. The van der Waals surface area contributed by atoms with Crippen molar-refractivity contribution in [2.24, 2.45) is 4.99 Å². The van der Waals surface area contributed by atoms with Gasteiger partial charge in [0.15, 0.2) is 5.90 Å². The molecule has 3 unspecified atom stereocenters. The predicted octanol–water partition coefficient (Wildman–Crippen LogP) is 1.33. The summed E-state index contributed by atoms with van der Waals surface area (Å²) in [5.41, 5.74) is -0.00255. The molecule has 2 rings (SSSR count). The van der Waals surface area contributed by atoms with Crippen LogP contribution in [-0.4, -0.2) is 30.6 Å². The van der Waals surface area contributed by atoms with Gasteiger partial charge in [-0.2, -0.15) is 0 Å². The second-order valence-corrected chi connectivity index (χ2v) is 4.34. The third-order valence-electron chi connectivity index (χ3n) is 3.33. The first-order chi connectivity index (χ1) is 6.14. The van der Waals surface area contributed by atoms with E-state index in [0.717, 1.165) is 18.7 Å². The smallest absolute Gasteiger partial charge is 0.181 e. The lowest BCUT2D eigenvalue weighted by Crippen LogP contribution is -2.47. The van der Waals surface area contributed by atoms with Gasteiger partial charge in [0.1, 0.15) is 5.60 Å². The van der Waals surface area contributed by atoms with E-state index in [0.29, 0.717) is 12.1 Å². The van der Waals surface area contributed by atoms with Crippen LogP contribution < -0.4 is 5.32 Å². The van der Waals surface area contributed by atoms with Crippen LogP contribution in [0.5, 0.6) is 0 Å². The third-order valence-corrected chi connectivity index (χ3v) is 3.33. The molecule has 1 saturated carbocycles. The van der Waals surface area contributed by atoms with Crippen LogP contribution in [0.25, 0.3) is 0 Å². The summed E-state index contributed by atoms with van der Waals surface area (Å²) in [5, 5.41) is 3.32. The largest absolute Gasteiger partial charge is 0.473 e. The van der Waals surface area contributed by atoms with Crippen molar-refractivity contribution in [3.8, 4) is 0 Å². The van der Waals surface area contributed by atoms with E-state index in [4.69, 9.17) is 4.74 Å². The quantitative estimate of drug-likeness (QED) is 0.664. The topological polar surface area (TPSA) is 33.6 Å². The monoisotopic (exact) mass is 182 g/mol. The normalized spacial score (nSPS) is 43.8. The van der Waals surface area contributed by atoms with Crippen LogP contribution in [0.2, 0.25) is 0 Å². The first-order valence-corrected chi connectivity index (χ1v) is 5.05. The minimum Gasteiger partial charge on any atom is -0.473 e. The van der Waals surface area contributed by atoms with E-state index >= 15 is 0 Å². The highest BCUT2D eigenvalue weighted by atomic mass is 16.5. The molecule has 3 atom stereocenters. The molecule has 0 aromatic rings. The van der Waals surface area contributed by atoms with Crippen LogP contribution in [0, 0.1) is 0 Å². The van der Waals surface area contributed by atoms with Gasteiger partial charge in [0, 0.05) is 13.0 Å². The summed E-state index contributed by atoms with van der Waals surface area (Å²) in [7, 11) is 2.03. The van der Waals surface area contributed by atoms with E-state index in [1.165, 1.54) is 6.42 Å². The second-order valence-electron chi connectivity index (χ2n) is 4.34. The molecule has 0 bridgehead atoms. The molecule has 3 nitrogen and oxygen atoms in total. The Labute approximate surface area is 79.6 Å². The molecule has 0 spiro atoms. The molecule has 1 fully saturated rings. The zero-order valence-corrected chi connectivity index (χ0v) is 8.63. The van der Waals surface area contributed by atoms with E-state index in [1.54, 1.807) is 0 Å². The van der Waals surface area contributed by atoms with Gasteiger partial charge in [-0.1, -0.05) is 0 Å². The fraction of sp³-hybridized carbons (Fsp3) is 0.900. The molecule has 0 amide bonds. The van der Waals surface area contributed by atoms with Gasteiger partial charge < -0.3 is 10.1 Å². The van der Waals surface area contributed by atoms with Crippen molar-refractivity contribution in [1.29, 1.82) is 0 Å². The number of hydrogen-bond acceptors (Lipinski definition) is 3. The molecule has 0 aromatic carbocycles. The van der Waals surface area contributed by atoms with Crippen molar-refractivity contribution >= 4 is 5.90 Å². The highest BCUT2D eigenvalue weighted by Gasteiger charge is 2.45. The number of nitrogens with one attached hydrogen (secondary N) is 1. The van der Waals surface area contributed by atoms with Gasteiger partial charge in [0.05, 0.1) is 6.04 Å². The molecule has 0 aromatic heterocycles. The van der Waals surface area contributed by atoms with Crippen molar-refractivity contribution in [1.82, 2.24) is 5.32 Å². The zero-order chi connectivity index (χ0) is 9.47. The maximum Gasteiger partial charge on any atom is 0.181 e. The standard InChI is InChI=1S/C10H18N2O/c1-7-12-9-6-8(11-3)4-5-10(9,2)13-7/h8-9,11H,4-6H2,1-3H3. The SMILES string of the molecule is CNC1CCC2(C)OC(C)=NC2C1. The van der Waals surface area contributed by atoms with Crippen molar-refractivity contribution < 1.29 is 4.74 Å². The molecule has 1 aliphatic carbocycles. The summed E-state index contributed by atoms with van der Waals surface area (Å²) in [6.07, 6.45) is 3.43. The highest BCUT2D eigenvalue weighted by molar-refractivity contribution is 5.75. The number of aliphatic imine (C=N–C) groups is 1. The predicted molar refractivity (Wildman–Crippen MR) is 53.1 cm³/mol. The fourth-order valence-electron chi connectivity index (χ4n) is 2.42. The van der Waals surface area contributed by atoms with Crippen LogP contribution in [0.15, 0.2) is 4.99 Å². The van der Waals surface area contributed by atoms with Gasteiger partial charge in [-0.3, -0.25) is 0 Å². The first-order valence-electron chi connectivity index (χ1n) is 5.05. The summed E-state index contributed by atoms with van der Waals surface area (Å²) in [6.45, 7) is 4.14. The maximum absolute atomic E-state index is 5.77. The van der Waals surface area contributed by atoms with E-state index in [9.17, 15) is 0 Å². The van der Waals surface area contributed by atoms with E-state index in [2.05, 4.69) is 17.2 Å². The van der Waals surface area contributed by atoms with Gasteiger partial charge >= 0.3 is 0 Å². The van der Waals surface area contributed by atoms with Crippen molar-refractivity contribution in [3.63, 3.8) is 0 Å². The molecule has 13 heavy (non-hydrogen) atoms. The fourth-order valence-corrected chi connectivity index (χ4v) is 2.42. The summed E-state index contributed by atoms with van der Waals surface area (Å²) in [5.74, 6) is 0.865. The number of fused-ring (bicyclic) bond motifs is 1. The van der Waals surface area contributed by atoms with E-state index in [1.807, 2.05) is 14.0 Å². The zero-order valence-electron chi connectivity index (χ0n) is 8.63. The summed E-state index contributed by atoms with van der Waals surface area (Å²) >= 11 is 0. The highest BCUT2D eigenvalue weighted by Crippen LogP contribution is 2.37. The molecule has 1 heterocycles. The molecular formula is C10H18N2O. The lowest BCUT2D eigenvalue weighted by atomic mass is 9.80. The molecule has 0 saturated heterocycles. The molecule has 0 radical (unpaired) electrons. The van der Waals surface area contributed by atoms with Crippen molar-refractivity contribution in [3.05, 3.63) is 0 Å². The summed E-state index contributed by atoms with van der Waals surface area (Å²) in [6, 6.07) is 0.995. The van der Waals surface area contributed by atoms with Gasteiger partial charge in [-0.25, -0.2) is 4.99 Å².